The average molecular weight is 296 g/mol. The van der Waals surface area contributed by atoms with Gasteiger partial charge in [-0.1, -0.05) is 60.8 Å². The summed E-state index contributed by atoms with van der Waals surface area (Å²) in [5.41, 5.74) is 0. The Morgan fingerprint density at radius 2 is 1.62 bits per heavy atom. The Morgan fingerprint density at radius 1 is 1.05 bits per heavy atom. The molecule has 1 heterocycles. The highest BCUT2D eigenvalue weighted by Crippen LogP contribution is 2.25. The topological polar surface area (TPSA) is 49.4 Å². The second-order valence-corrected chi connectivity index (χ2v) is 6.73. The molecular formula is C17H32N2O2. The molecule has 21 heavy (non-hydrogen) atoms. The molecule has 0 spiro atoms. The molecule has 122 valence electrons. The lowest BCUT2D eigenvalue weighted by Crippen LogP contribution is -2.66. The van der Waals surface area contributed by atoms with Crippen LogP contribution in [-0.2, 0) is 9.59 Å². The monoisotopic (exact) mass is 296 g/mol. The van der Waals surface area contributed by atoms with Gasteiger partial charge < -0.3 is 10.2 Å². The van der Waals surface area contributed by atoms with Gasteiger partial charge in [-0.25, -0.2) is 0 Å². The van der Waals surface area contributed by atoms with Crippen molar-refractivity contribution in [1.29, 1.82) is 0 Å². The fraction of sp³-hybridized carbons (Fsp3) is 0.882. The van der Waals surface area contributed by atoms with Gasteiger partial charge in [0.25, 0.3) is 0 Å². The van der Waals surface area contributed by atoms with E-state index < -0.39 is 0 Å². The maximum atomic E-state index is 12.8. The van der Waals surface area contributed by atoms with Gasteiger partial charge >= 0.3 is 0 Å². The summed E-state index contributed by atoms with van der Waals surface area (Å²) in [6.45, 7) is 13.1. The number of carbonyl (C=O) groups excluding carboxylic acids is 2. The molecular weight excluding hydrogens is 264 g/mol. The lowest BCUT2D eigenvalue weighted by atomic mass is 9.89. The van der Waals surface area contributed by atoms with Crippen molar-refractivity contribution in [2.75, 3.05) is 6.54 Å². The quantitative estimate of drug-likeness (QED) is 0.785. The number of hydrogen-bond donors (Lipinski definition) is 1. The van der Waals surface area contributed by atoms with Crippen LogP contribution < -0.4 is 5.32 Å². The highest BCUT2D eigenvalue weighted by atomic mass is 16.2. The molecule has 0 aromatic rings. The lowest BCUT2D eigenvalue weighted by molar-refractivity contribution is -0.153. The van der Waals surface area contributed by atoms with Gasteiger partial charge in [-0.05, 0) is 17.8 Å². The van der Waals surface area contributed by atoms with E-state index in [1.807, 2.05) is 18.7 Å². The van der Waals surface area contributed by atoms with E-state index in [1.165, 1.54) is 0 Å². The van der Waals surface area contributed by atoms with Gasteiger partial charge in [0.05, 0.1) is 0 Å². The average Bonchev–Trinajstić information content (AvgIpc) is 2.46. The molecule has 4 heteroatoms. The van der Waals surface area contributed by atoms with E-state index in [9.17, 15) is 9.59 Å². The van der Waals surface area contributed by atoms with Crippen LogP contribution in [-0.4, -0.2) is 35.3 Å². The van der Waals surface area contributed by atoms with Gasteiger partial charge in [-0.15, -0.1) is 0 Å². The van der Waals surface area contributed by atoms with Gasteiger partial charge in [0, 0.05) is 6.54 Å². The molecule has 1 fully saturated rings. The van der Waals surface area contributed by atoms with Crippen LogP contribution >= 0.6 is 0 Å². The Kier molecular flexibility index (Phi) is 6.69. The van der Waals surface area contributed by atoms with Crippen LogP contribution in [0.1, 0.15) is 60.8 Å². The molecule has 3 atom stereocenters. The Labute approximate surface area is 129 Å². The molecule has 0 aromatic carbocycles. The Hall–Kier alpha value is -1.06. The molecule has 1 aliphatic heterocycles. The van der Waals surface area contributed by atoms with Crippen molar-refractivity contribution in [3.63, 3.8) is 0 Å². The van der Waals surface area contributed by atoms with Crippen molar-refractivity contribution < 1.29 is 9.59 Å². The van der Waals surface area contributed by atoms with Crippen molar-refractivity contribution in [2.45, 2.75) is 72.9 Å². The number of nitrogens with one attached hydrogen (secondary N) is 1. The molecule has 2 amide bonds. The zero-order chi connectivity index (χ0) is 16.2. The molecule has 0 saturated carbocycles. The van der Waals surface area contributed by atoms with Gasteiger partial charge in [-0.2, -0.15) is 0 Å². The minimum Gasteiger partial charge on any atom is -0.342 e. The first-order chi connectivity index (χ1) is 9.87. The minimum atomic E-state index is -0.368. The second-order valence-electron chi connectivity index (χ2n) is 6.73. The molecule has 0 aliphatic carbocycles. The van der Waals surface area contributed by atoms with Crippen LogP contribution in [0, 0.1) is 17.8 Å². The number of hydrogen-bond acceptors (Lipinski definition) is 2. The minimum absolute atomic E-state index is 0.0219. The van der Waals surface area contributed by atoms with E-state index in [0.717, 1.165) is 19.3 Å². The van der Waals surface area contributed by atoms with Crippen LogP contribution in [0.3, 0.4) is 0 Å². The van der Waals surface area contributed by atoms with Crippen LogP contribution in [0.2, 0.25) is 0 Å². The molecule has 3 unspecified atom stereocenters. The highest BCUT2D eigenvalue weighted by Gasteiger charge is 2.43. The number of carbonyl (C=O) groups is 2. The summed E-state index contributed by atoms with van der Waals surface area (Å²) in [5.74, 6) is 0.912. The third-order valence-electron chi connectivity index (χ3n) is 4.91. The Morgan fingerprint density at radius 3 is 2.05 bits per heavy atom. The zero-order valence-corrected chi connectivity index (χ0v) is 14.5. The third kappa shape index (κ3) is 3.98. The first-order valence-corrected chi connectivity index (χ1v) is 8.48. The molecule has 0 bridgehead atoms. The summed E-state index contributed by atoms with van der Waals surface area (Å²) in [7, 11) is 0. The number of rotatable bonds is 7. The van der Waals surface area contributed by atoms with E-state index in [4.69, 9.17) is 0 Å². The van der Waals surface area contributed by atoms with E-state index >= 15 is 0 Å². The van der Waals surface area contributed by atoms with Crippen molar-refractivity contribution in [3.05, 3.63) is 0 Å². The molecule has 4 nitrogen and oxygen atoms in total. The van der Waals surface area contributed by atoms with E-state index in [-0.39, 0.29) is 35.7 Å². The fourth-order valence-electron chi connectivity index (χ4n) is 3.03. The van der Waals surface area contributed by atoms with Crippen molar-refractivity contribution in [2.24, 2.45) is 17.8 Å². The van der Waals surface area contributed by atoms with Gasteiger partial charge in [-0.3, -0.25) is 9.59 Å². The first kappa shape index (κ1) is 18.0. The van der Waals surface area contributed by atoms with E-state index in [0.29, 0.717) is 12.5 Å². The lowest BCUT2D eigenvalue weighted by Gasteiger charge is -2.43. The van der Waals surface area contributed by atoms with Crippen molar-refractivity contribution >= 4 is 11.8 Å². The fourth-order valence-corrected chi connectivity index (χ4v) is 3.03. The van der Waals surface area contributed by atoms with Crippen molar-refractivity contribution in [1.82, 2.24) is 10.2 Å². The molecule has 1 rings (SSSR count). The summed E-state index contributed by atoms with van der Waals surface area (Å²) >= 11 is 0. The smallest absolute Gasteiger partial charge is 0.246 e. The molecule has 1 aliphatic rings. The summed E-state index contributed by atoms with van der Waals surface area (Å²) in [6, 6.07) is -0.676. The summed E-state index contributed by atoms with van der Waals surface area (Å²) < 4.78 is 0. The highest BCUT2D eigenvalue weighted by molar-refractivity contribution is 5.97. The molecule has 1 N–H and O–H groups in total. The normalized spacial score (nSPS) is 24.7. The Bertz CT molecular complexity index is 364. The number of amides is 2. The van der Waals surface area contributed by atoms with E-state index in [1.54, 1.807) is 0 Å². The molecule has 1 saturated heterocycles. The third-order valence-corrected chi connectivity index (χ3v) is 4.91. The first-order valence-electron chi connectivity index (χ1n) is 8.48. The maximum Gasteiger partial charge on any atom is 0.246 e. The number of nitrogens with zero attached hydrogens (tertiary/aromatic N) is 1. The van der Waals surface area contributed by atoms with Gasteiger partial charge in [0.2, 0.25) is 11.8 Å². The summed E-state index contributed by atoms with van der Waals surface area (Å²) in [4.78, 5) is 27.2. The standard InChI is InChI=1S/C17H32N2O2/c1-7-12(6)15-16(20)18-14(11(4)5)17(21)19(15)10-13(8-2)9-3/h11-15H,7-10H2,1-6H3,(H,18,20). The predicted octanol–water partition coefficient (Wildman–Crippen LogP) is 2.82. The molecule has 0 aromatic heterocycles. The van der Waals surface area contributed by atoms with Crippen LogP contribution in [0.4, 0.5) is 0 Å². The SMILES string of the molecule is CCC(CC)CN1C(=O)C(C(C)C)NC(=O)C1C(C)CC. The van der Waals surface area contributed by atoms with Gasteiger partial charge in [0.15, 0.2) is 0 Å². The maximum absolute atomic E-state index is 12.8. The van der Waals surface area contributed by atoms with Crippen LogP contribution in [0.25, 0.3) is 0 Å². The largest absolute Gasteiger partial charge is 0.342 e. The number of piperazine rings is 1. The van der Waals surface area contributed by atoms with Gasteiger partial charge in [0.1, 0.15) is 12.1 Å². The molecule has 0 radical (unpaired) electrons. The van der Waals surface area contributed by atoms with Crippen LogP contribution in [0.15, 0.2) is 0 Å². The van der Waals surface area contributed by atoms with E-state index in [2.05, 4.69) is 33.0 Å². The summed E-state index contributed by atoms with van der Waals surface area (Å²) in [5, 5.41) is 2.94. The Balaban J connectivity index is 3.05. The van der Waals surface area contributed by atoms with Crippen molar-refractivity contribution in [3.8, 4) is 0 Å². The zero-order valence-electron chi connectivity index (χ0n) is 14.5. The predicted molar refractivity (Wildman–Crippen MR) is 85.8 cm³/mol. The summed E-state index contributed by atoms with van der Waals surface area (Å²) in [6.07, 6.45) is 2.99. The second kappa shape index (κ2) is 7.81. The van der Waals surface area contributed by atoms with Crippen LogP contribution in [0.5, 0.6) is 0 Å².